The van der Waals surface area contributed by atoms with E-state index in [2.05, 4.69) is 0 Å². The predicted octanol–water partition coefficient (Wildman–Crippen LogP) is 1.47. The van der Waals surface area contributed by atoms with Gasteiger partial charge in [0.25, 0.3) is 11.2 Å². The minimum absolute atomic E-state index is 0.0209. The number of H-pyrrole nitrogens is 1. The Bertz CT molecular complexity index is 1120. The molecule has 0 bridgehead atoms. The maximum atomic E-state index is 13.5. The van der Waals surface area contributed by atoms with Crippen LogP contribution in [-0.2, 0) is 18.3 Å². The van der Waals surface area contributed by atoms with Crippen molar-refractivity contribution in [3.63, 3.8) is 0 Å². The summed E-state index contributed by atoms with van der Waals surface area (Å²) in [4.78, 5) is 35.0. The lowest BCUT2D eigenvalue weighted by Gasteiger charge is -2.29. The Kier molecular flexibility index (Phi) is 4.82. The molecule has 1 aromatic carbocycles. The first-order valence-electron chi connectivity index (χ1n) is 8.27. The zero-order valence-electron chi connectivity index (χ0n) is 14.4. The molecule has 1 unspecified atom stereocenters. The molecule has 29 heavy (non-hydrogen) atoms. The highest BCUT2D eigenvalue weighted by Crippen LogP contribution is 2.56. The number of nitro benzene ring substituents is 1. The Morgan fingerprint density at radius 3 is 2.69 bits per heavy atom. The van der Waals surface area contributed by atoms with Gasteiger partial charge in [-0.1, -0.05) is 0 Å². The summed E-state index contributed by atoms with van der Waals surface area (Å²) in [5.41, 5.74) is -2.19. The van der Waals surface area contributed by atoms with E-state index in [1.807, 2.05) is 4.98 Å². The van der Waals surface area contributed by atoms with Crippen LogP contribution in [0.5, 0.6) is 5.75 Å². The van der Waals surface area contributed by atoms with Gasteiger partial charge in [-0.25, -0.2) is 9.36 Å². The van der Waals surface area contributed by atoms with Crippen molar-refractivity contribution in [3.8, 4) is 5.75 Å². The topological polar surface area (TPSA) is 152 Å². The highest BCUT2D eigenvalue weighted by atomic mass is 31.2. The number of non-ortho nitro benzene ring substituents is 1. The predicted molar refractivity (Wildman–Crippen MR) is 92.0 cm³/mol. The van der Waals surface area contributed by atoms with Crippen molar-refractivity contribution in [1.82, 2.24) is 9.55 Å². The highest BCUT2D eigenvalue weighted by molar-refractivity contribution is 7.49. The average molecular weight is 429 g/mol. The lowest BCUT2D eigenvalue weighted by molar-refractivity contribution is -0.384. The van der Waals surface area contributed by atoms with Gasteiger partial charge in [0.15, 0.2) is 0 Å². The van der Waals surface area contributed by atoms with Gasteiger partial charge < -0.3 is 9.26 Å². The molecule has 0 saturated carbocycles. The molecule has 2 saturated heterocycles. The molecular formula is C15H13FN3O9P. The first-order valence-corrected chi connectivity index (χ1v) is 9.73. The van der Waals surface area contributed by atoms with Crippen molar-refractivity contribution in [2.45, 2.75) is 24.9 Å². The summed E-state index contributed by atoms with van der Waals surface area (Å²) in [6.45, 7) is -0.188. The Morgan fingerprint density at radius 2 is 2.00 bits per heavy atom. The summed E-state index contributed by atoms with van der Waals surface area (Å²) < 4.78 is 48.5. The Balaban J connectivity index is 1.48. The number of phosphoric acid groups is 1. The lowest BCUT2D eigenvalue weighted by atomic mass is 10.2. The van der Waals surface area contributed by atoms with Crippen molar-refractivity contribution in [3.05, 3.63) is 67.2 Å². The summed E-state index contributed by atoms with van der Waals surface area (Å²) in [6.07, 6.45) is -1.73. The van der Waals surface area contributed by atoms with E-state index in [1.54, 1.807) is 0 Å². The molecule has 1 N–H and O–H groups in total. The lowest BCUT2D eigenvalue weighted by Crippen LogP contribution is -2.34. The van der Waals surface area contributed by atoms with Crippen LogP contribution >= 0.6 is 7.82 Å². The molecule has 0 amide bonds. The van der Waals surface area contributed by atoms with Crippen LogP contribution in [0.25, 0.3) is 0 Å². The van der Waals surface area contributed by atoms with Gasteiger partial charge in [0.1, 0.15) is 24.2 Å². The number of aromatic amines is 1. The fraction of sp³-hybridized carbons (Fsp3) is 0.333. The van der Waals surface area contributed by atoms with Gasteiger partial charge in [-0.05, 0) is 12.1 Å². The number of halogens is 1. The van der Waals surface area contributed by atoms with E-state index >= 15 is 0 Å². The van der Waals surface area contributed by atoms with Crippen LogP contribution in [0.3, 0.4) is 0 Å². The third-order valence-electron chi connectivity index (χ3n) is 4.34. The third kappa shape index (κ3) is 3.85. The van der Waals surface area contributed by atoms with E-state index in [-0.39, 0.29) is 24.5 Å². The first kappa shape index (κ1) is 19.5. The largest absolute Gasteiger partial charge is 0.530 e. The molecule has 14 heteroatoms. The summed E-state index contributed by atoms with van der Waals surface area (Å²) in [5, 5.41) is 10.7. The molecule has 1 aromatic heterocycles. The smallest absolute Gasteiger partial charge is 0.404 e. The van der Waals surface area contributed by atoms with Gasteiger partial charge in [-0.2, -0.15) is 4.39 Å². The molecular weight excluding hydrogens is 416 g/mol. The summed E-state index contributed by atoms with van der Waals surface area (Å²) >= 11 is 0. The van der Waals surface area contributed by atoms with Crippen molar-refractivity contribution in [2.75, 3.05) is 6.61 Å². The number of nitro groups is 1. The molecule has 2 aromatic rings. The Hall–Kier alpha value is -2.86. The number of nitrogens with one attached hydrogen (secondary N) is 1. The molecule has 154 valence electrons. The van der Waals surface area contributed by atoms with Gasteiger partial charge in [0, 0.05) is 18.6 Å². The number of rotatable bonds is 4. The molecule has 12 nitrogen and oxygen atoms in total. The van der Waals surface area contributed by atoms with Gasteiger partial charge in [-0.3, -0.25) is 33.5 Å². The highest BCUT2D eigenvalue weighted by Gasteiger charge is 2.48. The number of ether oxygens (including phenoxy) is 1. The minimum atomic E-state index is -4.06. The molecule has 2 aliphatic heterocycles. The van der Waals surface area contributed by atoms with Crippen LogP contribution in [0.1, 0.15) is 12.6 Å². The van der Waals surface area contributed by atoms with Crippen molar-refractivity contribution >= 4 is 13.5 Å². The monoisotopic (exact) mass is 429 g/mol. The van der Waals surface area contributed by atoms with Crippen molar-refractivity contribution < 1.29 is 32.2 Å². The molecule has 2 fully saturated rings. The second-order valence-corrected chi connectivity index (χ2v) is 7.78. The minimum Gasteiger partial charge on any atom is -0.404 e. The number of fused-ring (bicyclic) bond motifs is 1. The fourth-order valence-corrected chi connectivity index (χ4v) is 4.39. The quantitative estimate of drug-likeness (QED) is 0.433. The number of nitrogens with zero attached hydrogens (tertiary/aromatic N) is 2. The number of hydrogen-bond acceptors (Lipinski definition) is 9. The van der Waals surface area contributed by atoms with Gasteiger partial charge in [0.2, 0.25) is 5.82 Å². The van der Waals surface area contributed by atoms with Crippen molar-refractivity contribution in [1.29, 1.82) is 0 Å². The van der Waals surface area contributed by atoms with Crippen LogP contribution in [0.4, 0.5) is 10.1 Å². The maximum absolute atomic E-state index is 13.5. The van der Waals surface area contributed by atoms with E-state index in [4.69, 9.17) is 18.3 Å². The number of hydrogen-bond donors (Lipinski definition) is 1. The van der Waals surface area contributed by atoms with Crippen LogP contribution in [-0.4, -0.2) is 33.3 Å². The maximum Gasteiger partial charge on any atom is 0.530 e. The van der Waals surface area contributed by atoms with E-state index < -0.39 is 48.2 Å². The Morgan fingerprint density at radius 1 is 1.28 bits per heavy atom. The fourth-order valence-electron chi connectivity index (χ4n) is 2.97. The van der Waals surface area contributed by atoms with E-state index in [0.29, 0.717) is 0 Å². The molecule has 4 atom stereocenters. The molecule has 3 heterocycles. The van der Waals surface area contributed by atoms with Gasteiger partial charge in [0.05, 0.1) is 17.7 Å². The molecule has 4 rings (SSSR count). The van der Waals surface area contributed by atoms with E-state index in [9.17, 15) is 28.7 Å². The van der Waals surface area contributed by atoms with Gasteiger partial charge >= 0.3 is 13.5 Å². The standard InChI is InChI=1S/C15H13FN3O9P/c16-10-6-18(15(21)17-14(10)20)13-5-11-12(26-13)7-25-29(24,28-11)27-9-3-1-8(2-4-9)19(22)23/h1-4,6,11-13H,5,7H2,(H,17,20,21)/t11-,12+,13+,29?/m0/s1. The molecule has 2 aliphatic rings. The van der Waals surface area contributed by atoms with E-state index in [0.717, 1.165) is 10.8 Å². The number of phosphoric ester groups is 1. The summed E-state index contributed by atoms with van der Waals surface area (Å²) in [7, 11) is -4.06. The van der Waals surface area contributed by atoms with Crippen molar-refractivity contribution in [2.24, 2.45) is 0 Å². The molecule has 0 aliphatic carbocycles. The van der Waals surface area contributed by atoms with Crippen LogP contribution in [0.15, 0.2) is 40.1 Å². The summed E-state index contributed by atoms with van der Waals surface area (Å²) in [5.74, 6) is -1.13. The third-order valence-corrected chi connectivity index (χ3v) is 5.77. The summed E-state index contributed by atoms with van der Waals surface area (Å²) in [6, 6.07) is 4.82. The molecule has 0 spiro atoms. The molecule has 0 radical (unpaired) electrons. The first-order chi connectivity index (χ1) is 13.7. The van der Waals surface area contributed by atoms with Crippen LogP contribution in [0.2, 0.25) is 0 Å². The Labute approximate surface area is 160 Å². The second-order valence-electron chi connectivity index (χ2n) is 6.24. The zero-order chi connectivity index (χ0) is 20.8. The normalized spacial score (nSPS) is 28.7. The SMILES string of the molecule is O=c1[nH]c(=O)n([C@H]2C[C@@H]3OP(=O)(Oc4ccc([N+](=O)[O-])cc4)OC[C@H]3O2)cc1F. The van der Waals surface area contributed by atoms with E-state index in [1.165, 1.54) is 24.3 Å². The number of aromatic nitrogens is 2. The number of benzene rings is 1. The van der Waals surface area contributed by atoms with Gasteiger partial charge in [-0.15, -0.1) is 0 Å². The van der Waals surface area contributed by atoms with Crippen LogP contribution in [0, 0.1) is 15.9 Å². The average Bonchev–Trinajstić information content (AvgIpc) is 3.07. The zero-order valence-corrected chi connectivity index (χ0v) is 15.3. The van der Waals surface area contributed by atoms with Crippen LogP contribution < -0.4 is 15.8 Å². The second kappa shape index (κ2) is 7.19.